The second-order valence-electron chi connectivity index (χ2n) is 9.00. The number of aryl methyl sites for hydroxylation is 3. The van der Waals surface area contributed by atoms with E-state index in [1.807, 2.05) is 0 Å². The van der Waals surface area contributed by atoms with Crippen molar-refractivity contribution in [2.24, 2.45) is 11.3 Å². The minimum absolute atomic E-state index is 0.0117. The first-order chi connectivity index (χ1) is 14.3. The Labute approximate surface area is 176 Å². The molecule has 1 atom stereocenters. The molecule has 0 saturated carbocycles. The topological polar surface area (TPSA) is 104 Å². The quantitative estimate of drug-likeness (QED) is 0.363. The highest BCUT2D eigenvalue weighted by Crippen LogP contribution is 2.43. The molecule has 5 rings (SSSR count). The Kier molecular flexibility index (Phi) is 4.35. The Balaban J connectivity index is 1.45. The number of nitrogens with zero attached hydrogens (tertiary/aromatic N) is 7. The fraction of sp³-hybridized carbons (Fsp3) is 0.500. The molecular formula is C20H23N7O2S. The van der Waals surface area contributed by atoms with Gasteiger partial charge in [-0.05, 0) is 36.2 Å². The van der Waals surface area contributed by atoms with Crippen LogP contribution < -0.4 is 0 Å². The maximum absolute atomic E-state index is 10.8. The molecule has 0 bridgehead atoms. The van der Waals surface area contributed by atoms with Gasteiger partial charge in [0.25, 0.3) is 0 Å². The van der Waals surface area contributed by atoms with E-state index in [-0.39, 0.29) is 5.69 Å². The monoisotopic (exact) mass is 425 g/mol. The van der Waals surface area contributed by atoms with Gasteiger partial charge in [0.2, 0.25) is 0 Å². The molecule has 4 aromatic rings. The van der Waals surface area contributed by atoms with Crippen molar-refractivity contribution in [2.75, 3.05) is 0 Å². The number of aromatic nitrogens is 6. The number of thiophene rings is 1. The van der Waals surface area contributed by atoms with Crippen LogP contribution in [0.3, 0.4) is 0 Å². The summed E-state index contributed by atoms with van der Waals surface area (Å²) in [7, 11) is 0. The van der Waals surface area contributed by atoms with E-state index < -0.39 is 4.92 Å². The summed E-state index contributed by atoms with van der Waals surface area (Å²) in [6.07, 6.45) is 8.30. The standard InChI is InChI=1S/C20H23N7O2S/c1-20(2,3)12-4-5-14-15(8-12)30-19-17(14)18-23-16(24-26(18)11-21-19)6-7-25-10-13(9-22-25)27(28)29/h9-12H,4-8H2,1-3H3. The van der Waals surface area contributed by atoms with Gasteiger partial charge in [-0.25, -0.2) is 14.5 Å². The Hall–Kier alpha value is -2.88. The van der Waals surface area contributed by atoms with Gasteiger partial charge in [0, 0.05) is 17.8 Å². The molecule has 9 nitrogen and oxygen atoms in total. The highest BCUT2D eigenvalue weighted by molar-refractivity contribution is 7.19. The van der Waals surface area contributed by atoms with E-state index >= 15 is 0 Å². The molecule has 0 radical (unpaired) electrons. The first kappa shape index (κ1) is 19.1. The van der Waals surface area contributed by atoms with Crippen molar-refractivity contribution in [2.45, 2.75) is 53.0 Å². The summed E-state index contributed by atoms with van der Waals surface area (Å²) in [5, 5.41) is 20.6. The fourth-order valence-corrected chi connectivity index (χ4v) is 5.51. The summed E-state index contributed by atoms with van der Waals surface area (Å²) in [4.78, 5) is 22.3. The lowest BCUT2D eigenvalue weighted by Gasteiger charge is -2.33. The summed E-state index contributed by atoms with van der Waals surface area (Å²) in [6.45, 7) is 7.46. The zero-order chi connectivity index (χ0) is 21.0. The minimum atomic E-state index is -0.445. The van der Waals surface area contributed by atoms with Crippen molar-refractivity contribution >= 4 is 32.9 Å². The van der Waals surface area contributed by atoms with Crippen LogP contribution in [0.25, 0.3) is 15.9 Å². The van der Waals surface area contributed by atoms with Crippen molar-refractivity contribution in [1.29, 1.82) is 0 Å². The van der Waals surface area contributed by atoms with Crippen LogP contribution in [0.5, 0.6) is 0 Å². The van der Waals surface area contributed by atoms with Crippen LogP contribution in [-0.2, 0) is 25.8 Å². The average Bonchev–Trinajstić information content (AvgIpc) is 3.40. The highest BCUT2D eigenvalue weighted by atomic mass is 32.1. The van der Waals surface area contributed by atoms with Crippen molar-refractivity contribution in [3.8, 4) is 0 Å². The second kappa shape index (κ2) is 6.83. The summed E-state index contributed by atoms with van der Waals surface area (Å²) < 4.78 is 3.31. The normalized spacial score (nSPS) is 17.0. The summed E-state index contributed by atoms with van der Waals surface area (Å²) >= 11 is 1.79. The van der Waals surface area contributed by atoms with Crippen LogP contribution in [0, 0.1) is 21.4 Å². The van der Waals surface area contributed by atoms with Crippen molar-refractivity contribution in [3.05, 3.63) is 45.1 Å². The lowest BCUT2D eigenvalue weighted by molar-refractivity contribution is -0.385. The van der Waals surface area contributed by atoms with Gasteiger partial charge in [0.05, 0.1) is 10.3 Å². The molecule has 0 fully saturated rings. The van der Waals surface area contributed by atoms with Gasteiger partial charge in [-0.15, -0.1) is 16.4 Å². The van der Waals surface area contributed by atoms with Gasteiger partial charge in [-0.2, -0.15) is 5.10 Å². The average molecular weight is 426 g/mol. The van der Waals surface area contributed by atoms with Crippen molar-refractivity contribution < 1.29 is 4.92 Å². The molecule has 0 aliphatic heterocycles. The lowest BCUT2D eigenvalue weighted by atomic mass is 9.72. The molecule has 156 valence electrons. The van der Waals surface area contributed by atoms with E-state index in [9.17, 15) is 10.1 Å². The van der Waals surface area contributed by atoms with E-state index in [1.54, 1.807) is 26.9 Å². The summed E-state index contributed by atoms with van der Waals surface area (Å²) in [5.74, 6) is 1.37. The van der Waals surface area contributed by atoms with E-state index in [0.29, 0.717) is 30.1 Å². The van der Waals surface area contributed by atoms with Gasteiger partial charge in [-0.3, -0.25) is 14.8 Å². The summed E-state index contributed by atoms with van der Waals surface area (Å²) in [5.41, 5.74) is 2.53. The van der Waals surface area contributed by atoms with Crippen molar-refractivity contribution in [1.82, 2.24) is 29.4 Å². The number of hydrogen-bond donors (Lipinski definition) is 0. The first-order valence-corrected chi connectivity index (χ1v) is 10.9. The maximum atomic E-state index is 10.8. The largest absolute Gasteiger partial charge is 0.306 e. The van der Waals surface area contributed by atoms with Gasteiger partial charge >= 0.3 is 5.69 Å². The molecule has 1 aliphatic rings. The van der Waals surface area contributed by atoms with Gasteiger partial charge in [0.15, 0.2) is 11.5 Å². The van der Waals surface area contributed by atoms with Gasteiger partial charge in [0.1, 0.15) is 23.6 Å². The van der Waals surface area contributed by atoms with Crippen LogP contribution in [0.4, 0.5) is 5.69 Å². The third-order valence-electron chi connectivity index (χ3n) is 6.05. The van der Waals surface area contributed by atoms with Crippen LogP contribution in [0.2, 0.25) is 0 Å². The highest BCUT2D eigenvalue weighted by Gasteiger charge is 2.31. The molecule has 0 aromatic carbocycles. The Morgan fingerprint density at radius 2 is 2.20 bits per heavy atom. The lowest BCUT2D eigenvalue weighted by Crippen LogP contribution is -2.26. The van der Waals surface area contributed by atoms with Crippen LogP contribution in [-0.4, -0.2) is 34.3 Å². The van der Waals surface area contributed by atoms with Gasteiger partial charge < -0.3 is 0 Å². The van der Waals surface area contributed by atoms with E-state index in [4.69, 9.17) is 4.98 Å². The van der Waals surface area contributed by atoms with Crippen molar-refractivity contribution in [3.63, 3.8) is 0 Å². The SMILES string of the molecule is CC(C)(C)C1CCc2c(sc3ncn4nc(CCn5cc([N+](=O)[O-])cn5)nc4c23)C1. The number of fused-ring (bicyclic) bond motifs is 5. The summed E-state index contributed by atoms with van der Waals surface area (Å²) in [6, 6.07) is 0. The molecule has 0 spiro atoms. The van der Waals surface area contributed by atoms with Crippen LogP contribution in [0.1, 0.15) is 43.5 Å². The van der Waals surface area contributed by atoms with Gasteiger partial charge in [-0.1, -0.05) is 20.8 Å². The smallest absolute Gasteiger partial charge is 0.265 e. The Morgan fingerprint density at radius 3 is 2.93 bits per heavy atom. The zero-order valence-electron chi connectivity index (χ0n) is 17.2. The Morgan fingerprint density at radius 1 is 1.37 bits per heavy atom. The molecule has 0 N–H and O–H groups in total. The van der Waals surface area contributed by atoms with E-state index in [0.717, 1.165) is 28.7 Å². The minimum Gasteiger partial charge on any atom is -0.265 e. The molecule has 1 aliphatic carbocycles. The molecule has 10 heteroatoms. The van der Waals surface area contributed by atoms with Crippen LogP contribution >= 0.6 is 11.3 Å². The number of rotatable bonds is 4. The second-order valence-corrected chi connectivity index (χ2v) is 10.1. The predicted molar refractivity (Wildman–Crippen MR) is 114 cm³/mol. The third kappa shape index (κ3) is 3.24. The Bertz CT molecular complexity index is 1260. The molecule has 0 saturated heterocycles. The van der Waals surface area contributed by atoms with E-state index in [1.165, 1.54) is 29.3 Å². The zero-order valence-corrected chi connectivity index (χ0v) is 18.0. The molecule has 4 heterocycles. The first-order valence-electron chi connectivity index (χ1n) is 10.1. The third-order valence-corrected chi connectivity index (χ3v) is 7.21. The molecular weight excluding hydrogens is 402 g/mol. The van der Waals surface area contributed by atoms with E-state index in [2.05, 4.69) is 36.0 Å². The molecule has 4 aromatic heterocycles. The van der Waals surface area contributed by atoms with Crippen LogP contribution in [0.15, 0.2) is 18.7 Å². The predicted octanol–water partition coefficient (Wildman–Crippen LogP) is 3.84. The molecule has 30 heavy (non-hydrogen) atoms. The number of nitro groups is 1. The fourth-order valence-electron chi connectivity index (χ4n) is 4.25. The number of hydrogen-bond acceptors (Lipinski definition) is 7. The maximum Gasteiger partial charge on any atom is 0.306 e. The molecule has 1 unspecified atom stereocenters. The molecule has 0 amide bonds.